The van der Waals surface area contributed by atoms with E-state index in [-0.39, 0.29) is 17.7 Å². The molecule has 0 bridgehead atoms. The van der Waals surface area contributed by atoms with Gasteiger partial charge in [-0.25, -0.2) is 9.99 Å². The van der Waals surface area contributed by atoms with E-state index in [9.17, 15) is 4.79 Å². The Bertz CT molecular complexity index is 1350. The third-order valence-electron chi connectivity index (χ3n) is 6.13. The highest BCUT2D eigenvalue weighted by Crippen LogP contribution is 2.29. The monoisotopic (exact) mass is 459 g/mol. The Balaban J connectivity index is 1.45. The van der Waals surface area contributed by atoms with E-state index in [1.54, 1.807) is 33.3 Å². The van der Waals surface area contributed by atoms with Gasteiger partial charge in [0.2, 0.25) is 0 Å². The number of aromatic nitrogens is 6. The molecule has 174 valence electrons. The summed E-state index contributed by atoms with van der Waals surface area (Å²) < 4.78 is 7.47. The average Bonchev–Trinajstić information content (AvgIpc) is 3.58. The zero-order valence-electron chi connectivity index (χ0n) is 19.4. The number of allylic oxidation sites excluding steroid dienone is 4. The lowest BCUT2D eigenvalue weighted by molar-refractivity contribution is 0.0672. The number of nitrogens with zero attached hydrogens (tertiary/aromatic N) is 8. The van der Waals surface area contributed by atoms with E-state index in [0.29, 0.717) is 18.5 Å². The molecule has 0 fully saturated rings. The number of amides is 1. The molecule has 34 heavy (non-hydrogen) atoms. The van der Waals surface area contributed by atoms with Crippen molar-refractivity contribution in [3.8, 4) is 11.5 Å². The molecule has 3 aromatic heterocycles. The van der Waals surface area contributed by atoms with Crippen LogP contribution >= 0.6 is 0 Å². The zero-order chi connectivity index (χ0) is 23.8. The Morgan fingerprint density at radius 1 is 1.32 bits per heavy atom. The standard InChI is InChI=1S/C23H25N9O2/c1-5-18-14(2)7-6-9-32(18)27-12-19-20-17(24-13-25-20)8-10-31(19)23(33)22-29-28-21(34-22)16-11-26-30(4)15(16)3/h5-7,9,11-13,19H,8,10H2,1-4H3,(H,24,25)/b18-5-,27-12+/t19-/m0/s1. The Kier molecular flexibility index (Phi) is 5.44. The van der Waals surface area contributed by atoms with Crippen LogP contribution in [0.2, 0.25) is 0 Å². The summed E-state index contributed by atoms with van der Waals surface area (Å²) in [7, 11) is 1.83. The molecule has 11 heteroatoms. The van der Waals surface area contributed by atoms with Crippen LogP contribution in [0.1, 0.15) is 47.7 Å². The van der Waals surface area contributed by atoms with Gasteiger partial charge in [0.1, 0.15) is 6.04 Å². The van der Waals surface area contributed by atoms with Crippen molar-refractivity contribution in [2.75, 3.05) is 6.54 Å². The van der Waals surface area contributed by atoms with Crippen molar-refractivity contribution in [2.45, 2.75) is 33.2 Å². The fourth-order valence-electron chi connectivity index (χ4n) is 4.15. The number of fused-ring (bicyclic) bond motifs is 1. The molecule has 0 aliphatic carbocycles. The number of imidazole rings is 1. The fourth-order valence-corrected chi connectivity index (χ4v) is 4.15. The molecular weight excluding hydrogens is 434 g/mol. The summed E-state index contributed by atoms with van der Waals surface area (Å²) in [5, 5.41) is 18.8. The maximum Gasteiger partial charge on any atom is 0.312 e. The van der Waals surface area contributed by atoms with Crippen molar-refractivity contribution in [1.82, 2.24) is 39.9 Å². The van der Waals surface area contributed by atoms with Crippen LogP contribution in [0.4, 0.5) is 0 Å². The van der Waals surface area contributed by atoms with Gasteiger partial charge in [-0.15, -0.1) is 10.2 Å². The molecule has 3 aromatic rings. The van der Waals surface area contributed by atoms with Gasteiger partial charge in [0.05, 0.1) is 35.7 Å². The van der Waals surface area contributed by atoms with Crippen LogP contribution < -0.4 is 0 Å². The molecule has 0 unspecified atom stereocenters. The zero-order valence-corrected chi connectivity index (χ0v) is 19.4. The lowest BCUT2D eigenvalue weighted by Crippen LogP contribution is -2.41. The molecule has 0 saturated heterocycles. The predicted octanol–water partition coefficient (Wildman–Crippen LogP) is 2.91. The molecule has 5 rings (SSSR count). The first-order valence-corrected chi connectivity index (χ1v) is 11.0. The van der Waals surface area contributed by atoms with Gasteiger partial charge in [0.25, 0.3) is 5.89 Å². The Hall–Kier alpha value is -4.28. The molecule has 0 spiro atoms. The van der Waals surface area contributed by atoms with Crippen LogP contribution in [-0.4, -0.2) is 58.5 Å². The topological polar surface area (TPSA) is 121 Å². The maximum atomic E-state index is 13.5. The second-order valence-electron chi connectivity index (χ2n) is 8.11. The van der Waals surface area contributed by atoms with E-state index in [4.69, 9.17) is 4.42 Å². The first-order valence-electron chi connectivity index (χ1n) is 11.0. The largest absolute Gasteiger partial charge is 0.412 e. The summed E-state index contributed by atoms with van der Waals surface area (Å²) >= 11 is 0. The first-order chi connectivity index (χ1) is 16.5. The van der Waals surface area contributed by atoms with E-state index < -0.39 is 6.04 Å². The van der Waals surface area contributed by atoms with Crippen LogP contribution in [0.15, 0.2) is 57.7 Å². The van der Waals surface area contributed by atoms with Crippen LogP contribution in [0.25, 0.3) is 11.5 Å². The fraction of sp³-hybridized carbons (Fsp3) is 0.304. The summed E-state index contributed by atoms with van der Waals surface area (Å²) in [6.07, 6.45) is 13.5. The maximum absolute atomic E-state index is 13.5. The highest BCUT2D eigenvalue weighted by molar-refractivity contribution is 5.92. The second kappa shape index (κ2) is 8.58. The smallest absolute Gasteiger partial charge is 0.312 e. The van der Waals surface area contributed by atoms with Crippen molar-refractivity contribution in [1.29, 1.82) is 0 Å². The minimum atomic E-state index is -0.490. The number of aryl methyl sites for hydroxylation is 1. The van der Waals surface area contributed by atoms with E-state index in [1.165, 1.54) is 0 Å². The summed E-state index contributed by atoms with van der Waals surface area (Å²) in [5.41, 5.74) is 5.37. The summed E-state index contributed by atoms with van der Waals surface area (Å²) in [5.74, 6) is -0.196. The molecule has 5 heterocycles. The van der Waals surface area contributed by atoms with Crippen molar-refractivity contribution in [3.05, 3.63) is 71.2 Å². The lowest BCUT2D eigenvalue weighted by Gasteiger charge is -2.32. The van der Waals surface area contributed by atoms with E-state index >= 15 is 0 Å². The number of hydrazone groups is 1. The predicted molar refractivity (Wildman–Crippen MR) is 124 cm³/mol. The third-order valence-corrected chi connectivity index (χ3v) is 6.13. The van der Waals surface area contributed by atoms with Gasteiger partial charge in [-0.05, 0) is 32.4 Å². The molecule has 1 amide bonds. The van der Waals surface area contributed by atoms with Gasteiger partial charge in [-0.3, -0.25) is 9.48 Å². The number of carbonyl (C=O) groups excluding carboxylic acids is 1. The van der Waals surface area contributed by atoms with Crippen LogP contribution in [0.5, 0.6) is 0 Å². The van der Waals surface area contributed by atoms with Crippen molar-refractivity contribution in [2.24, 2.45) is 12.1 Å². The van der Waals surface area contributed by atoms with E-state index in [0.717, 1.165) is 28.4 Å². The minimum Gasteiger partial charge on any atom is -0.412 e. The van der Waals surface area contributed by atoms with Crippen LogP contribution in [-0.2, 0) is 13.5 Å². The SMILES string of the molecule is C/C=C1/C(C)=CC=CN1/N=C/[C@H]1c2nc[nH]c2CCN1C(=O)c1nnc(-c2cnn(C)c2C)o1. The van der Waals surface area contributed by atoms with Crippen molar-refractivity contribution >= 4 is 12.1 Å². The van der Waals surface area contributed by atoms with Crippen molar-refractivity contribution < 1.29 is 9.21 Å². The van der Waals surface area contributed by atoms with Crippen molar-refractivity contribution in [3.63, 3.8) is 0 Å². The van der Waals surface area contributed by atoms with E-state index in [1.807, 2.05) is 52.2 Å². The molecule has 1 atom stereocenters. The first kappa shape index (κ1) is 21.6. The summed E-state index contributed by atoms with van der Waals surface area (Å²) in [6.45, 7) is 6.35. The number of hydrogen-bond donors (Lipinski definition) is 1. The minimum absolute atomic E-state index is 0.0820. The number of nitrogens with one attached hydrogen (secondary N) is 1. The Morgan fingerprint density at radius 3 is 2.94 bits per heavy atom. The Labute approximate surface area is 196 Å². The summed E-state index contributed by atoms with van der Waals surface area (Å²) in [4.78, 5) is 22.8. The van der Waals surface area contributed by atoms with Gasteiger partial charge >= 0.3 is 11.8 Å². The number of H-pyrrole nitrogens is 1. The number of aromatic amines is 1. The van der Waals surface area contributed by atoms with E-state index in [2.05, 4.69) is 30.4 Å². The molecule has 1 N–H and O–H groups in total. The number of hydrogen-bond acceptors (Lipinski definition) is 8. The molecule has 2 aliphatic heterocycles. The van der Waals surface area contributed by atoms with Gasteiger partial charge in [0, 0.05) is 37.6 Å². The lowest BCUT2D eigenvalue weighted by atomic mass is 10.0. The molecule has 0 aromatic carbocycles. The highest BCUT2D eigenvalue weighted by atomic mass is 16.4. The number of carbonyl (C=O) groups is 1. The Morgan fingerprint density at radius 2 is 2.18 bits per heavy atom. The summed E-state index contributed by atoms with van der Waals surface area (Å²) in [6, 6.07) is -0.490. The van der Waals surface area contributed by atoms with Gasteiger partial charge in [0.15, 0.2) is 0 Å². The highest BCUT2D eigenvalue weighted by Gasteiger charge is 2.35. The van der Waals surface area contributed by atoms with Gasteiger partial charge in [-0.2, -0.15) is 10.2 Å². The molecule has 11 nitrogen and oxygen atoms in total. The molecule has 0 radical (unpaired) electrons. The van der Waals surface area contributed by atoms with Crippen LogP contribution in [0.3, 0.4) is 0 Å². The molecular formula is C23H25N9O2. The number of rotatable bonds is 4. The normalized spacial score (nSPS) is 19.2. The third kappa shape index (κ3) is 3.64. The van der Waals surface area contributed by atoms with Gasteiger partial charge in [-0.1, -0.05) is 12.2 Å². The average molecular weight is 460 g/mol. The molecule has 0 saturated carbocycles. The second-order valence-corrected chi connectivity index (χ2v) is 8.11. The quantitative estimate of drug-likeness (QED) is 0.595. The van der Waals surface area contributed by atoms with Crippen LogP contribution in [0, 0.1) is 6.92 Å². The van der Waals surface area contributed by atoms with Gasteiger partial charge < -0.3 is 14.3 Å². The molecule has 2 aliphatic rings.